The first-order valence-electron chi connectivity index (χ1n) is 5.82. The van der Waals surface area contributed by atoms with Gasteiger partial charge in [-0.25, -0.2) is 0 Å². The third-order valence-corrected chi connectivity index (χ3v) is 2.71. The Bertz CT molecular complexity index is 142. The summed E-state index contributed by atoms with van der Waals surface area (Å²) >= 11 is 9.28. The molecular weight excluding hydrogens is 224 g/mol. The van der Waals surface area contributed by atoms with Crippen LogP contribution in [0.4, 0.5) is 0 Å². The van der Waals surface area contributed by atoms with Gasteiger partial charge in [0.15, 0.2) is 0 Å². The first-order valence-corrected chi connectivity index (χ1v) is 6.64. The SMILES string of the molecule is CCC(C)NC(=S)[S-].CC[NH+](CC)CC. The standard InChI is InChI=1S/C6H15N.C5H11NS2/c1-4-7(5-2)6-3;1-3-4(2)6-5(7)8/h4-6H2,1-3H3;4H,3H2,1-2H3,(H2,6,7,8). The van der Waals surface area contributed by atoms with Gasteiger partial charge in [-0.3, -0.25) is 0 Å². The van der Waals surface area contributed by atoms with Crippen LogP contribution in [0.1, 0.15) is 41.0 Å². The Morgan fingerprint density at radius 3 is 1.67 bits per heavy atom. The van der Waals surface area contributed by atoms with E-state index >= 15 is 0 Å². The van der Waals surface area contributed by atoms with Crippen LogP contribution in [0.5, 0.6) is 0 Å². The zero-order valence-electron chi connectivity index (χ0n) is 10.7. The minimum Gasteiger partial charge on any atom is -0.412 e. The van der Waals surface area contributed by atoms with E-state index in [1.54, 1.807) is 4.90 Å². The largest absolute Gasteiger partial charge is 0.412 e. The van der Waals surface area contributed by atoms with Crippen molar-refractivity contribution in [2.24, 2.45) is 0 Å². The lowest BCUT2D eigenvalue weighted by molar-refractivity contribution is -0.894. The highest BCUT2D eigenvalue weighted by atomic mass is 32.1. The van der Waals surface area contributed by atoms with Gasteiger partial charge in [-0.1, -0.05) is 11.2 Å². The molecule has 0 aliphatic rings. The topological polar surface area (TPSA) is 16.5 Å². The fourth-order valence-corrected chi connectivity index (χ4v) is 1.46. The van der Waals surface area contributed by atoms with Gasteiger partial charge in [-0.15, -0.1) is 0 Å². The molecule has 0 saturated carbocycles. The number of thiocarbonyl (C=S) groups is 1. The molecule has 1 atom stereocenters. The van der Waals surface area contributed by atoms with Gasteiger partial charge >= 0.3 is 0 Å². The van der Waals surface area contributed by atoms with E-state index in [1.165, 1.54) is 19.6 Å². The predicted octanol–water partition coefficient (Wildman–Crippen LogP) is 1.14. The molecule has 92 valence electrons. The van der Waals surface area contributed by atoms with Crippen LogP contribution in [-0.2, 0) is 12.6 Å². The number of quaternary nitrogens is 1. The summed E-state index contributed by atoms with van der Waals surface area (Å²) in [4.78, 5) is 1.68. The Morgan fingerprint density at radius 2 is 1.60 bits per heavy atom. The first kappa shape index (κ1) is 17.5. The van der Waals surface area contributed by atoms with Crippen molar-refractivity contribution < 1.29 is 4.90 Å². The van der Waals surface area contributed by atoms with Crippen LogP contribution in [0.15, 0.2) is 0 Å². The van der Waals surface area contributed by atoms with Gasteiger partial charge in [0.2, 0.25) is 0 Å². The van der Waals surface area contributed by atoms with Crippen LogP contribution < -0.4 is 10.2 Å². The lowest BCUT2D eigenvalue weighted by Crippen LogP contribution is -3.11. The minimum absolute atomic E-state index is 0.431. The molecule has 0 aromatic heterocycles. The molecule has 0 bridgehead atoms. The second kappa shape index (κ2) is 12.1. The number of hydrogen-bond donors (Lipinski definition) is 2. The van der Waals surface area contributed by atoms with Crippen molar-refractivity contribution in [3.05, 3.63) is 0 Å². The Hall–Kier alpha value is 0.0700. The van der Waals surface area contributed by atoms with Crippen molar-refractivity contribution in [1.82, 2.24) is 5.32 Å². The molecule has 0 aliphatic carbocycles. The van der Waals surface area contributed by atoms with Gasteiger partial charge in [0.25, 0.3) is 0 Å². The minimum atomic E-state index is 0.431. The van der Waals surface area contributed by atoms with Crippen molar-refractivity contribution in [1.29, 1.82) is 0 Å². The molecule has 0 spiro atoms. The highest BCUT2D eigenvalue weighted by Crippen LogP contribution is 1.86. The average molecular weight is 250 g/mol. The molecular formula is C11H26N2S2. The second-order valence-corrected chi connectivity index (χ2v) is 4.63. The first-order chi connectivity index (χ1) is 7.01. The van der Waals surface area contributed by atoms with Crippen LogP contribution in [0.3, 0.4) is 0 Å². The molecule has 0 amide bonds. The molecule has 0 radical (unpaired) electrons. The van der Waals surface area contributed by atoms with Crippen LogP contribution in [0.2, 0.25) is 0 Å². The van der Waals surface area contributed by atoms with E-state index in [-0.39, 0.29) is 0 Å². The summed E-state index contributed by atoms with van der Waals surface area (Å²) in [7, 11) is 0. The van der Waals surface area contributed by atoms with E-state index in [1.807, 2.05) is 0 Å². The summed E-state index contributed by atoms with van der Waals surface area (Å²) < 4.78 is 0.472. The third-order valence-electron chi connectivity index (χ3n) is 2.48. The number of rotatable bonds is 5. The monoisotopic (exact) mass is 250 g/mol. The fourth-order valence-electron chi connectivity index (χ4n) is 1.05. The molecule has 0 aromatic carbocycles. The van der Waals surface area contributed by atoms with Crippen LogP contribution in [0.25, 0.3) is 0 Å². The van der Waals surface area contributed by atoms with Crippen molar-refractivity contribution >= 4 is 29.2 Å². The van der Waals surface area contributed by atoms with Gasteiger partial charge in [0, 0.05) is 6.04 Å². The van der Waals surface area contributed by atoms with E-state index in [4.69, 9.17) is 0 Å². The predicted molar refractivity (Wildman–Crippen MR) is 75.4 cm³/mol. The summed E-state index contributed by atoms with van der Waals surface area (Å²) in [6.45, 7) is 14.6. The van der Waals surface area contributed by atoms with E-state index in [9.17, 15) is 0 Å². The number of nitrogens with one attached hydrogen (secondary N) is 2. The highest BCUT2D eigenvalue weighted by molar-refractivity contribution is 8.00. The van der Waals surface area contributed by atoms with Gasteiger partial charge in [0.1, 0.15) is 0 Å². The summed E-state index contributed by atoms with van der Waals surface area (Å²) in [6, 6.07) is 0.431. The Morgan fingerprint density at radius 1 is 1.20 bits per heavy atom. The maximum Gasteiger partial charge on any atom is 0.0742 e. The molecule has 0 heterocycles. The molecule has 0 saturated heterocycles. The molecule has 0 aliphatic heterocycles. The molecule has 2 nitrogen and oxygen atoms in total. The summed E-state index contributed by atoms with van der Waals surface area (Å²) in [5.74, 6) is 0. The van der Waals surface area contributed by atoms with E-state index in [0.29, 0.717) is 10.4 Å². The molecule has 0 aromatic rings. The van der Waals surface area contributed by atoms with E-state index < -0.39 is 0 Å². The molecule has 15 heavy (non-hydrogen) atoms. The van der Waals surface area contributed by atoms with Crippen molar-refractivity contribution in [3.8, 4) is 0 Å². The third kappa shape index (κ3) is 14.1. The Kier molecular flexibility index (Phi) is 14.1. The van der Waals surface area contributed by atoms with E-state index in [2.05, 4.69) is 64.8 Å². The highest BCUT2D eigenvalue weighted by Gasteiger charge is 1.93. The zero-order valence-corrected chi connectivity index (χ0v) is 12.4. The van der Waals surface area contributed by atoms with Gasteiger partial charge in [-0.05, 0) is 34.1 Å². The normalized spacial score (nSPS) is 11.6. The lowest BCUT2D eigenvalue weighted by atomic mass is 10.3. The fraction of sp³-hybridized carbons (Fsp3) is 0.909. The second-order valence-electron chi connectivity index (χ2n) is 3.55. The van der Waals surface area contributed by atoms with Crippen molar-refractivity contribution in [2.75, 3.05) is 19.6 Å². The number of hydrogen-bond acceptors (Lipinski definition) is 2. The Labute approximate surface area is 106 Å². The van der Waals surface area contributed by atoms with Crippen LogP contribution in [0, 0.1) is 0 Å². The van der Waals surface area contributed by atoms with Crippen molar-refractivity contribution in [2.45, 2.75) is 47.1 Å². The maximum atomic E-state index is 4.64. The zero-order chi connectivity index (χ0) is 12.3. The molecule has 1 unspecified atom stereocenters. The average Bonchev–Trinajstić information content (AvgIpc) is 2.20. The molecule has 4 heteroatoms. The van der Waals surface area contributed by atoms with Crippen LogP contribution >= 0.6 is 12.2 Å². The quantitative estimate of drug-likeness (QED) is 0.563. The van der Waals surface area contributed by atoms with Gasteiger partial charge < -0.3 is 35.1 Å². The summed E-state index contributed by atoms with van der Waals surface area (Å²) in [5.41, 5.74) is 0. The van der Waals surface area contributed by atoms with Crippen molar-refractivity contribution in [3.63, 3.8) is 0 Å². The Balaban J connectivity index is 0. The molecule has 0 fully saturated rings. The lowest BCUT2D eigenvalue weighted by Gasteiger charge is -2.15. The summed E-state index contributed by atoms with van der Waals surface area (Å²) in [6.07, 6.45) is 1.07. The summed E-state index contributed by atoms with van der Waals surface area (Å²) in [5, 5.41) is 2.94. The van der Waals surface area contributed by atoms with E-state index in [0.717, 1.165) is 6.42 Å². The maximum absolute atomic E-state index is 4.64. The van der Waals surface area contributed by atoms with Crippen LogP contribution in [-0.4, -0.2) is 30.0 Å². The molecule has 2 N–H and O–H groups in total. The van der Waals surface area contributed by atoms with Gasteiger partial charge in [0.05, 0.1) is 19.6 Å². The smallest absolute Gasteiger partial charge is 0.0742 e. The van der Waals surface area contributed by atoms with Gasteiger partial charge in [-0.2, -0.15) is 0 Å². The molecule has 0 rings (SSSR count).